The molecule has 0 unspecified atom stereocenters. The molecule has 3 rings (SSSR count). The first-order valence-corrected chi connectivity index (χ1v) is 9.33. The molecule has 2 aliphatic rings. The van der Waals surface area contributed by atoms with Crippen molar-refractivity contribution in [3.63, 3.8) is 0 Å². The molecule has 1 aromatic rings. The fourth-order valence-corrected chi connectivity index (χ4v) is 4.05. The molecular weight excluding hydrogens is 367 g/mol. The number of ether oxygens (including phenoxy) is 4. The molecule has 1 saturated heterocycles. The van der Waals surface area contributed by atoms with Crippen LogP contribution in [0.15, 0.2) is 24.0 Å². The van der Waals surface area contributed by atoms with Gasteiger partial charge in [0, 0.05) is 18.1 Å². The van der Waals surface area contributed by atoms with Gasteiger partial charge in [-0.3, -0.25) is 4.79 Å². The predicted molar refractivity (Wildman–Crippen MR) is 98.4 cm³/mol. The fourth-order valence-electron chi connectivity index (χ4n) is 4.05. The third-order valence-electron chi connectivity index (χ3n) is 5.76. The number of methoxy groups -OCH3 is 2. The van der Waals surface area contributed by atoms with Gasteiger partial charge in [0.05, 0.1) is 14.2 Å². The van der Waals surface area contributed by atoms with Gasteiger partial charge in [0.15, 0.2) is 12.6 Å². The number of rotatable bonds is 6. The molecule has 1 heterocycles. The van der Waals surface area contributed by atoms with Crippen LogP contribution in [0.2, 0.25) is 0 Å². The van der Waals surface area contributed by atoms with E-state index in [1.54, 1.807) is 0 Å². The van der Waals surface area contributed by atoms with Crippen LogP contribution < -0.4 is 4.74 Å². The van der Waals surface area contributed by atoms with Gasteiger partial charge in [0.25, 0.3) is 0 Å². The minimum atomic E-state index is -0.771. The minimum Gasteiger partial charge on any atom is -0.496 e. The Hall–Kier alpha value is -2.41. The van der Waals surface area contributed by atoms with Crippen molar-refractivity contribution in [2.24, 2.45) is 11.8 Å². The molecule has 152 valence electrons. The van der Waals surface area contributed by atoms with E-state index in [4.69, 9.17) is 18.9 Å². The van der Waals surface area contributed by atoms with E-state index in [9.17, 15) is 14.0 Å². The first-order chi connectivity index (χ1) is 13.4. The number of ketones is 1. The second kappa shape index (κ2) is 7.91. The van der Waals surface area contributed by atoms with Gasteiger partial charge >= 0.3 is 5.97 Å². The normalized spacial score (nSPS) is 24.8. The molecule has 0 amide bonds. The maximum atomic E-state index is 14.7. The molecule has 6 nitrogen and oxygen atoms in total. The molecule has 1 aliphatic heterocycles. The van der Waals surface area contributed by atoms with Gasteiger partial charge in [-0.25, -0.2) is 9.18 Å². The van der Waals surface area contributed by atoms with Crippen LogP contribution in [0.25, 0.3) is 0 Å². The summed E-state index contributed by atoms with van der Waals surface area (Å²) in [5.41, 5.74) is -0.259. The Balaban J connectivity index is 1.94. The summed E-state index contributed by atoms with van der Waals surface area (Å²) < 4.78 is 36.1. The Morgan fingerprint density at radius 2 is 2.14 bits per heavy atom. The molecular formula is C21H25FO6. The summed E-state index contributed by atoms with van der Waals surface area (Å²) >= 11 is 0. The van der Waals surface area contributed by atoms with Crippen molar-refractivity contribution in [1.82, 2.24) is 0 Å². The lowest BCUT2D eigenvalue weighted by Crippen LogP contribution is -2.44. The summed E-state index contributed by atoms with van der Waals surface area (Å²) in [6, 6.07) is 2.64. The highest BCUT2D eigenvalue weighted by Gasteiger charge is 2.51. The Bertz CT molecular complexity index is 817. The van der Waals surface area contributed by atoms with Gasteiger partial charge in [-0.15, -0.1) is 0 Å². The molecule has 0 N–H and O–H groups in total. The zero-order valence-corrected chi connectivity index (χ0v) is 16.5. The Labute approximate surface area is 163 Å². The van der Waals surface area contributed by atoms with Crippen molar-refractivity contribution in [3.8, 4) is 5.75 Å². The molecule has 0 radical (unpaired) electrons. The van der Waals surface area contributed by atoms with Crippen LogP contribution in [-0.2, 0) is 25.4 Å². The van der Waals surface area contributed by atoms with E-state index in [0.29, 0.717) is 30.6 Å². The number of carbonyl (C=O) groups excluding carboxylic acids is 2. The van der Waals surface area contributed by atoms with Crippen molar-refractivity contribution in [3.05, 3.63) is 40.9 Å². The lowest BCUT2D eigenvalue weighted by Gasteiger charge is -2.38. The third kappa shape index (κ3) is 3.39. The van der Waals surface area contributed by atoms with Gasteiger partial charge in [0.2, 0.25) is 0 Å². The SMILES string of the molecule is CC[C@H]1C[C@]2([C@@H](C)Cc3cc(C(=O)OC)c(OC)cc3F)OCOC2=CC1=O. The second-order valence-corrected chi connectivity index (χ2v) is 7.26. The quantitative estimate of drug-likeness (QED) is 0.691. The largest absolute Gasteiger partial charge is 0.496 e. The van der Waals surface area contributed by atoms with Crippen molar-refractivity contribution >= 4 is 11.8 Å². The van der Waals surface area contributed by atoms with Crippen LogP contribution in [0.4, 0.5) is 4.39 Å². The van der Waals surface area contributed by atoms with Crippen LogP contribution in [-0.4, -0.2) is 38.4 Å². The van der Waals surface area contributed by atoms with Crippen LogP contribution in [0, 0.1) is 17.7 Å². The Kier molecular flexibility index (Phi) is 5.74. The molecule has 0 aromatic heterocycles. The first-order valence-electron chi connectivity index (χ1n) is 9.33. The molecule has 0 spiro atoms. The smallest absolute Gasteiger partial charge is 0.341 e. The highest BCUT2D eigenvalue weighted by atomic mass is 19.1. The highest BCUT2D eigenvalue weighted by molar-refractivity contribution is 5.94. The number of halogens is 1. The average Bonchev–Trinajstić information content (AvgIpc) is 3.11. The Morgan fingerprint density at radius 1 is 1.39 bits per heavy atom. The first kappa shape index (κ1) is 20.3. The maximum Gasteiger partial charge on any atom is 0.341 e. The molecule has 0 bridgehead atoms. The van der Waals surface area contributed by atoms with Crippen LogP contribution >= 0.6 is 0 Å². The van der Waals surface area contributed by atoms with E-state index >= 15 is 0 Å². The van der Waals surface area contributed by atoms with Crippen LogP contribution in [0.1, 0.15) is 42.6 Å². The number of hydrogen-bond acceptors (Lipinski definition) is 6. The third-order valence-corrected chi connectivity index (χ3v) is 5.76. The topological polar surface area (TPSA) is 71.1 Å². The van der Waals surface area contributed by atoms with Gasteiger partial charge in [-0.05, 0) is 36.8 Å². The molecule has 1 fully saturated rings. The van der Waals surface area contributed by atoms with Gasteiger partial charge in [-0.1, -0.05) is 13.8 Å². The van der Waals surface area contributed by atoms with E-state index in [0.717, 1.165) is 0 Å². The standard InChI is InChI=1S/C21H25FO6/c1-5-13-10-21(19(9-17(13)23)27-11-28-21)12(2)6-14-7-15(20(24)26-4)18(25-3)8-16(14)22/h7-9,12-13H,5-6,10-11H2,1-4H3/t12-,13-,21+/m0/s1. The predicted octanol–water partition coefficient (Wildman–Crippen LogP) is 3.43. The number of esters is 1. The molecule has 0 saturated carbocycles. The van der Waals surface area contributed by atoms with E-state index in [-0.39, 0.29) is 35.7 Å². The second-order valence-electron chi connectivity index (χ2n) is 7.26. The average molecular weight is 392 g/mol. The summed E-state index contributed by atoms with van der Waals surface area (Å²) in [6.07, 6.45) is 3.01. The number of hydrogen-bond donors (Lipinski definition) is 0. The summed E-state index contributed by atoms with van der Waals surface area (Å²) in [5.74, 6) is -0.744. The summed E-state index contributed by atoms with van der Waals surface area (Å²) in [6.45, 7) is 3.96. The number of allylic oxidation sites excluding steroid dienone is 1. The molecule has 1 aromatic carbocycles. The Morgan fingerprint density at radius 3 is 2.79 bits per heavy atom. The van der Waals surface area contributed by atoms with Crippen molar-refractivity contribution in [2.75, 3.05) is 21.0 Å². The van der Waals surface area contributed by atoms with Crippen LogP contribution in [0.5, 0.6) is 5.75 Å². The number of fused-ring (bicyclic) bond motifs is 1. The van der Waals surface area contributed by atoms with Gasteiger partial charge in [-0.2, -0.15) is 0 Å². The number of benzene rings is 1. The molecule has 7 heteroatoms. The van der Waals surface area contributed by atoms with Crippen molar-refractivity contribution in [2.45, 2.75) is 38.7 Å². The highest BCUT2D eigenvalue weighted by Crippen LogP contribution is 2.46. The number of carbonyl (C=O) groups is 2. The lowest BCUT2D eigenvalue weighted by molar-refractivity contribution is -0.123. The van der Waals surface area contributed by atoms with Gasteiger partial charge < -0.3 is 18.9 Å². The van der Waals surface area contributed by atoms with E-state index in [1.807, 2.05) is 13.8 Å². The molecule has 28 heavy (non-hydrogen) atoms. The maximum absolute atomic E-state index is 14.7. The van der Waals surface area contributed by atoms with Crippen molar-refractivity contribution in [1.29, 1.82) is 0 Å². The fraction of sp³-hybridized carbons (Fsp3) is 0.524. The van der Waals surface area contributed by atoms with E-state index in [2.05, 4.69) is 0 Å². The van der Waals surface area contributed by atoms with Crippen LogP contribution in [0.3, 0.4) is 0 Å². The summed E-state index contributed by atoms with van der Waals surface area (Å²) in [4.78, 5) is 24.3. The monoisotopic (exact) mass is 392 g/mol. The zero-order valence-electron chi connectivity index (χ0n) is 16.5. The lowest BCUT2D eigenvalue weighted by atomic mass is 9.71. The van der Waals surface area contributed by atoms with E-state index in [1.165, 1.54) is 32.4 Å². The van der Waals surface area contributed by atoms with Gasteiger partial charge in [0.1, 0.15) is 28.5 Å². The van der Waals surface area contributed by atoms with Crippen molar-refractivity contribution < 1.29 is 32.9 Å². The van der Waals surface area contributed by atoms with E-state index < -0.39 is 17.4 Å². The molecule has 1 aliphatic carbocycles. The summed E-state index contributed by atoms with van der Waals surface area (Å²) in [5, 5.41) is 0. The zero-order chi connectivity index (χ0) is 20.5. The minimum absolute atomic E-state index is 0.0365. The summed E-state index contributed by atoms with van der Waals surface area (Å²) in [7, 11) is 2.63. The molecule has 3 atom stereocenters.